The molecule has 0 nitrogen and oxygen atoms in total. The predicted octanol–water partition coefficient (Wildman–Crippen LogP) is 5.80. The minimum absolute atomic E-state index is 0.119. The second-order valence-electron chi connectivity index (χ2n) is 4.39. The lowest BCUT2D eigenvalue weighted by Gasteiger charge is -2.30. The molecule has 0 aliphatic rings. The van der Waals surface area contributed by atoms with Crippen LogP contribution in [0.2, 0.25) is 10.0 Å². The van der Waals surface area contributed by atoms with Crippen LogP contribution in [-0.2, 0) is 6.42 Å². The van der Waals surface area contributed by atoms with Crippen LogP contribution in [0.4, 0.5) is 0 Å². The van der Waals surface area contributed by atoms with Gasteiger partial charge >= 0.3 is 0 Å². The first-order valence-corrected chi connectivity index (χ1v) is 7.46. The van der Waals surface area contributed by atoms with E-state index in [2.05, 4.69) is 6.92 Å². The Bertz CT molecular complexity index is 338. The summed E-state index contributed by atoms with van der Waals surface area (Å²) < 4.78 is 0. The Balaban J connectivity index is 3.01. The minimum Gasteiger partial charge on any atom is -0.126 e. The van der Waals surface area contributed by atoms with Gasteiger partial charge in [-0.1, -0.05) is 42.6 Å². The minimum atomic E-state index is -0.119. The highest BCUT2D eigenvalue weighted by molar-refractivity contribution is 6.36. The van der Waals surface area contributed by atoms with E-state index >= 15 is 0 Å². The molecule has 0 saturated carbocycles. The SMILES string of the molecule is CCCC(CCl)(CCl)Cc1c(Cl)cccc1Cl. The van der Waals surface area contributed by atoms with Crippen molar-refractivity contribution >= 4 is 46.4 Å². The van der Waals surface area contributed by atoms with Crippen molar-refractivity contribution in [3.8, 4) is 0 Å². The van der Waals surface area contributed by atoms with Crippen molar-refractivity contribution in [1.82, 2.24) is 0 Å². The van der Waals surface area contributed by atoms with Gasteiger partial charge in [-0.05, 0) is 30.5 Å². The van der Waals surface area contributed by atoms with Gasteiger partial charge in [0, 0.05) is 27.2 Å². The Morgan fingerprint density at radius 3 is 2.00 bits per heavy atom. The highest BCUT2D eigenvalue weighted by Gasteiger charge is 2.29. The maximum Gasteiger partial charge on any atom is 0.0453 e. The fourth-order valence-corrected chi connectivity index (χ4v) is 3.23. The van der Waals surface area contributed by atoms with Crippen LogP contribution in [0, 0.1) is 5.41 Å². The molecular formula is C13H16Cl4. The average molecular weight is 314 g/mol. The Morgan fingerprint density at radius 2 is 1.59 bits per heavy atom. The summed E-state index contributed by atoms with van der Waals surface area (Å²) in [6.07, 6.45) is 2.75. The molecule has 0 unspecified atom stereocenters. The Labute approximate surface area is 123 Å². The molecule has 0 bridgehead atoms. The molecule has 0 fully saturated rings. The fourth-order valence-electron chi connectivity index (χ4n) is 1.96. The molecule has 0 N–H and O–H groups in total. The number of hydrogen-bond donors (Lipinski definition) is 0. The Hall–Kier alpha value is 0.380. The molecule has 1 rings (SSSR count). The van der Waals surface area contributed by atoms with Crippen LogP contribution in [0.1, 0.15) is 25.3 Å². The van der Waals surface area contributed by atoms with Crippen molar-refractivity contribution < 1.29 is 0 Å². The molecule has 0 saturated heterocycles. The fraction of sp³-hybridized carbons (Fsp3) is 0.538. The van der Waals surface area contributed by atoms with Crippen LogP contribution in [-0.4, -0.2) is 11.8 Å². The van der Waals surface area contributed by atoms with Gasteiger partial charge in [0.2, 0.25) is 0 Å². The number of halogens is 4. The van der Waals surface area contributed by atoms with Crippen LogP contribution >= 0.6 is 46.4 Å². The maximum absolute atomic E-state index is 6.18. The molecule has 0 aliphatic heterocycles. The van der Waals surface area contributed by atoms with Crippen molar-refractivity contribution in [2.24, 2.45) is 5.41 Å². The first kappa shape index (κ1) is 15.4. The van der Waals surface area contributed by atoms with E-state index in [1.165, 1.54) is 0 Å². The first-order chi connectivity index (χ1) is 8.08. The lowest BCUT2D eigenvalue weighted by molar-refractivity contribution is 0.341. The van der Waals surface area contributed by atoms with E-state index in [1.807, 2.05) is 18.2 Å². The summed E-state index contributed by atoms with van der Waals surface area (Å²) in [5.41, 5.74) is 0.831. The van der Waals surface area contributed by atoms with Gasteiger partial charge in [-0.3, -0.25) is 0 Å². The van der Waals surface area contributed by atoms with Gasteiger partial charge in [-0.25, -0.2) is 0 Å². The maximum atomic E-state index is 6.18. The summed E-state index contributed by atoms with van der Waals surface area (Å²) >= 11 is 24.5. The van der Waals surface area contributed by atoms with Crippen LogP contribution in [0.25, 0.3) is 0 Å². The zero-order chi connectivity index (χ0) is 12.9. The standard InChI is InChI=1S/C13H16Cl4/c1-2-6-13(8-14,9-15)7-10-11(16)4-3-5-12(10)17/h3-5H,2,6-9H2,1H3. The van der Waals surface area contributed by atoms with Crippen molar-refractivity contribution in [1.29, 1.82) is 0 Å². The summed E-state index contributed by atoms with van der Waals surface area (Å²) in [6.45, 7) is 2.13. The van der Waals surface area contributed by atoms with Crippen LogP contribution in [0.3, 0.4) is 0 Å². The normalized spacial score (nSPS) is 11.8. The van der Waals surface area contributed by atoms with Crippen LogP contribution in [0.5, 0.6) is 0 Å². The van der Waals surface area contributed by atoms with Gasteiger partial charge < -0.3 is 0 Å². The van der Waals surface area contributed by atoms with Gasteiger partial charge in [-0.15, -0.1) is 23.2 Å². The first-order valence-electron chi connectivity index (χ1n) is 5.63. The van der Waals surface area contributed by atoms with E-state index in [9.17, 15) is 0 Å². The molecule has 1 aromatic carbocycles. The largest absolute Gasteiger partial charge is 0.126 e. The number of alkyl halides is 2. The summed E-state index contributed by atoms with van der Waals surface area (Å²) in [6, 6.07) is 5.54. The van der Waals surface area contributed by atoms with E-state index in [-0.39, 0.29) is 5.41 Å². The summed E-state index contributed by atoms with van der Waals surface area (Å²) in [4.78, 5) is 0. The number of hydrogen-bond acceptors (Lipinski definition) is 0. The van der Waals surface area contributed by atoms with Crippen LogP contribution in [0.15, 0.2) is 18.2 Å². The average Bonchev–Trinajstić information content (AvgIpc) is 2.33. The molecule has 0 spiro atoms. The molecule has 0 radical (unpaired) electrons. The smallest absolute Gasteiger partial charge is 0.0453 e. The van der Waals surface area contributed by atoms with E-state index in [4.69, 9.17) is 46.4 Å². The Kier molecular flexibility index (Phi) is 6.44. The third-order valence-electron chi connectivity index (χ3n) is 2.96. The van der Waals surface area contributed by atoms with Crippen molar-refractivity contribution in [3.05, 3.63) is 33.8 Å². The number of rotatable bonds is 6. The highest BCUT2D eigenvalue weighted by Crippen LogP contribution is 2.36. The van der Waals surface area contributed by atoms with Gasteiger partial charge in [0.25, 0.3) is 0 Å². The summed E-state index contributed by atoms with van der Waals surface area (Å²) in [7, 11) is 0. The molecular weight excluding hydrogens is 298 g/mol. The van der Waals surface area contributed by atoms with E-state index in [1.54, 1.807) is 0 Å². The third-order valence-corrected chi connectivity index (χ3v) is 4.80. The van der Waals surface area contributed by atoms with Crippen molar-refractivity contribution in [3.63, 3.8) is 0 Å². The molecule has 1 aromatic rings. The summed E-state index contributed by atoms with van der Waals surface area (Å²) in [5, 5.41) is 1.38. The zero-order valence-electron chi connectivity index (χ0n) is 9.78. The van der Waals surface area contributed by atoms with Crippen LogP contribution < -0.4 is 0 Å². The quantitative estimate of drug-likeness (QED) is 0.582. The molecule has 0 aromatic heterocycles. The zero-order valence-corrected chi connectivity index (χ0v) is 12.8. The molecule has 4 heteroatoms. The van der Waals surface area contributed by atoms with Gasteiger partial charge in [0.15, 0.2) is 0 Å². The van der Waals surface area contributed by atoms with E-state index < -0.39 is 0 Å². The molecule has 0 atom stereocenters. The van der Waals surface area contributed by atoms with E-state index in [0.717, 1.165) is 24.8 Å². The molecule has 0 heterocycles. The molecule has 0 amide bonds. The Morgan fingerprint density at radius 1 is 1.06 bits per heavy atom. The van der Waals surface area contributed by atoms with Crippen molar-refractivity contribution in [2.45, 2.75) is 26.2 Å². The summed E-state index contributed by atoms with van der Waals surface area (Å²) in [5.74, 6) is 1.04. The monoisotopic (exact) mass is 312 g/mol. The lowest BCUT2D eigenvalue weighted by Crippen LogP contribution is -2.28. The topological polar surface area (TPSA) is 0 Å². The predicted molar refractivity (Wildman–Crippen MR) is 78.9 cm³/mol. The number of benzene rings is 1. The second kappa shape index (κ2) is 7.09. The molecule has 17 heavy (non-hydrogen) atoms. The molecule has 96 valence electrons. The second-order valence-corrected chi connectivity index (χ2v) is 5.74. The van der Waals surface area contributed by atoms with Crippen molar-refractivity contribution in [2.75, 3.05) is 11.8 Å². The van der Waals surface area contributed by atoms with E-state index in [0.29, 0.717) is 21.8 Å². The lowest BCUT2D eigenvalue weighted by atomic mass is 9.81. The van der Waals surface area contributed by atoms with Gasteiger partial charge in [0.05, 0.1) is 0 Å². The highest BCUT2D eigenvalue weighted by atomic mass is 35.5. The molecule has 0 aliphatic carbocycles. The third kappa shape index (κ3) is 3.92. The van der Waals surface area contributed by atoms with Gasteiger partial charge in [-0.2, -0.15) is 0 Å². The van der Waals surface area contributed by atoms with Gasteiger partial charge in [0.1, 0.15) is 0 Å².